The van der Waals surface area contributed by atoms with Crippen molar-refractivity contribution in [2.75, 3.05) is 38.8 Å². The Morgan fingerprint density at radius 1 is 1.50 bits per heavy atom. The van der Waals surface area contributed by atoms with Gasteiger partial charge in [-0.1, -0.05) is 0 Å². The summed E-state index contributed by atoms with van der Waals surface area (Å²) < 4.78 is 11.5. The van der Waals surface area contributed by atoms with Crippen LogP contribution in [0.4, 0.5) is 5.95 Å². The van der Waals surface area contributed by atoms with E-state index in [4.69, 9.17) is 9.47 Å². The predicted octanol–water partition coefficient (Wildman–Crippen LogP) is 2.11. The van der Waals surface area contributed by atoms with Crippen molar-refractivity contribution in [1.29, 1.82) is 0 Å². The normalized spacial score (nSPS) is 14.6. The molecule has 6 heteroatoms. The largest absolute Gasteiger partial charge is 0.480 e. The minimum absolute atomic E-state index is 0.547. The zero-order chi connectivity index (χ0) is 13.0. The number of rotatable bonds is 7. The standard InChI is InChI=1S/C12H18BrN3O2/c1-16(5-6-18-8-9-3-4-9)12-14-7-10(13)11(15-12)17-2/h7,9H,3-6,8H2,1-2H3. The summed E-state index contributed by atoms with van der Waals surface area (Å²) in [6, 6.07) is 0. The Kier molecular flexibility index (Phi) is 4.77. The number of halogens is 1. The molecule has 1 fully saturated rings. The van der Waals surface area contributed by atoms with Crippen LogP contribution in [0.5, 0.6) is 5.88 Å². The van der Waals surface area contributed by atoms with E-state index < -0.39 is 0 Å². The first-order valence-corrected chi connectivity index (χ1v) is 6.85. The Hall–Kier alpha value is -0.880. The quantitative estimate of drug-likeness (QED) is 0.721. The molecule has 0 atom stereocenters. The number of hydrogen-bond donors (Lipinski definition) is 0. The highest BCUT2D eigenvalue weighted by molar-refractivity contribution is 9.10. The minimum atomic E-state index is 0.547. The summed E-state index contributed by atoms with van der Waals surface area (Å²) in [5.74, 6) is 2.00. The summed E-state index contributed by atoms with van der Waals surface area (Å²) in [6.07, 6.45) is 4.34. The second kappa shape index (κ2) is 6.33. The van der Waals surface area contributed by atoms with Gasteiger partial charge < -0.3 is 14.4 Å². The van der Waals surface area contributed by atoms with E-state index in [1.54, 1.807) is 13.3 Å². The van der Waals surface area contributed by atoms with Crippen LogP contribution in [0, 0.1) is 5.92 Å². The zero-order valence-corrected chi connectivity index (χ0v) is 12.3. The fraction of sp³-hybridized carbons (Fsp3) is 0.667. The van der Waals surface area contributed by atoms with Gasteiger partial charge in [-0.2, -0.15) is 4.98 Å². The summed E-state index contributed by atoms with van der Waals surface area (Å²) in [6.45, 7) is 2.37. The minimum Gasteiger partial charge on any atom is -0.480 e. The fourth-order valence-electron chi connectivity index (χ4n) is 1.51. The SMILES string of the molecule is COc1nc(N(C)CCOCC2CC2)ncc1Br. The average molecular weight is 316 g/mol. The van der Waals surface area contributed by atoms with Gasteiger partial charge in [-0.3, -0.25) is 0 Å². The number of methoxy groups -OCH3 is 1. The van der Waals surface area contributed by atoms with Crippen LogP contribution in [0.3, 0.4) is 0 Å². The number of nitrogens with zero attached hydrogens (tertiary/aromatic N) is 3. The van der Waals surface area contributed by atoms with Gasteiger partial charge in [-0.25, -0.2) is 4.98 Å². The van der Waals surface area contributed by atoms with Gasteiger partial charge in [0, 0.05) is 20.2 Å². The maximum absolute atomic E-state index is 5.59. The van der Waals surface area contributed by atoms with E-state index in [1.807, 2.05) is 11.9 Å². The number of likely N-dealkylation sites (N-methyl/N-ethyl adjacent to an activating group) is 1. The molecule has 2 rings (SSSR count). The summed E-state index contributed by atoms with van der Waals surface area (Å²) in [5, 5.41) is 0. The molecule has 0 aliphatic heterocycles. The molecule has 1 aromatic rings. The van der Waals surface area contributed by atoms with E-state index in [9.17, 15) is 0 Å². The molecule has 0 unspecified atom stereocenters. The first-order chi connectivity index (χ1) is 8.70. The van der Waals surface area contributed by atoms with Crippen molar-refractivity contribution in [3.05, 3.63) is 10.7 Å². The molecule has 0 saturated heterocycles. The van der Waals surface area contributed by atoms with Gasteiger partial charge in [0.15, 0.2) is 0 Å². The smallest absolute Gasteiger partial charge is 0.232 e. The molecular weight excluding hydrogens is 298 g/mol. The molecule has 0 N–H and O–H groups in total. The molecule has 0 bridgehead atoms. The van der Waals surface area contributed by atoms with Crippen LogP contribution in [-0.2, 0) is 4.74 Å². The molecule has 1 aliphatic rings. The summed E-state index contributed by atoms with van der Waals surface area (Å²) in [5.41, 5.74) is 0. The molecule has 1 aromatic heterocycles. The highest BCUT2D eigenvalue weighted by Crippen LogP contribution is 2.28. The van der Waals surface area contributed by atoms with E-state index in [0.717, 1.165) is 23.5 Å². The van der Waals surface area contributed by atoms with Gasteiger partial charge in [0.2, 0.25) is 11.8 Å². The van der Waals surface area contributed by atoms with Crippen molar-refractivity contribution in [2.45, 2.75) is 12.8 Å². The van der Waals surface area contributed by atoms with Gasteiger partial charge in [-0.05, 0) is 34.7 Å². The lowest BCUT2D eigenvalue weighted by atomic mass is 10.5. The van der Waals surface area contributed by atoms with Crippen LogP contribution in [0.1, 0.15) is 12.8 Å². The Labute approximate surface area is 116 Å². The van der Waals surface area contributed by atoms with Crippen LogP contribution in [0.2, 0.25) is 0 Å². The van der Waals surface area contributed by atoms with Crippen LogP contribution in [0.15, 0.2) is 10.7 Å². The first kappa shape index (κ1) is 13.5. The van der Waals surface area contributed by atoms with Crippen LogP contribution >= 0.6 is 15.9 Å². The Morgan fingerprint density at radius 3 is 2.94 bits per heavy atom. The molecule has 1 heterocycles. The number of anilines is 1. The lowest BCUT2D eigenvalue weighted by Gasteiger charge is -2.17. The van der Waals surface area contributed by atoms with E-state index in [-0.39, 0.29) is 0 Å². The van der Waals surface area contributed by atoms with Gasteiger partial charge in [0.05, 0.1) is 24.4 Å². The lowest BCUT2D eigenvalue weighted by Crippen LogP contribution is -2.25. The maximum atomic E-state index is 5.59. The van der Waals surface area contributed by atoms with Crippen molar-refractivity contribution >= 4 is 21.9 Å². The third-order valence-corrected chi connectivity index (χ3v) is 3.40. The monoisotopic (exact) mass is 315 g/mol. The van der Waals surface area contributed by atoms with Gasteiger partial charge >= 0.3 is 0 Å². The van der Waals surface area contributed by atoms with Gasteiger partial charge in [0.1, 0.15) is 0 Å². The van der Waals surface area contributed by atoms with Crippen LogP contribution in [0.25, 0.3) is 0 Å². The third kappa shape index (κ3) is 3.81. The Balaban J connectivity index is 1.81. The van der Waals surface area contributed by atoms with Crippen molar-refractivity contribution in [2.24, 2.45) is 5.92 Å². The van der Waals surface area contributed by atoms with Gasteiger partial charge in [-0.15, -0.1) is 0 Å². The molecule has 18 heavy (non-hydrogen) atoms. The Bertz CT molecular complexity index is 399. The van der Waals surface area contributed by atoms with Crippen LogP contribution in [-0.4, -0.2) is 43.9 Å². The molecule has 0 radical (unpaired) electrons. The molecule has 0 aromatic carbocycles. The molecule has 1 aliphatic carbocycles. The van der Waals surface area contributed by atoms with E-state index in [0.29, 0.717) is 18.4 Å². The van der Waals surface area contributed by atoms with Crippen LogP contribution < -0.4 is 9.64 Å². The number of ether oxygens (including phenoxy) is 2. The highest BCUT2D eigenvalue weighted by Gasteiger charge is 2.21. The second-order valence-electron chi connectivity index (χ2n) is 4.47. The van der Waals surface area contributed by atoms with Crippen molar-refractivity contribution in [1.82, 2.24) is 9.97 Å². The topological polar surface area (TPSA) is 47.5 Å². The summed E-state index contributed by atoms with van der Waals surface area (Å²) in [4.78, 5) is 10.5. The second-order valence-corrected chi connectivity index (χ2v) is 5.32. The van der Waals surface area contributed by atoms with Crippen molar-refractivity contribution in [3.63, 3.8) is 0 Å². The summed E-state index contributed by atoms with van der Waals surface area (Å²) >= 11 is 3.33. The molecular formula is C12H18BrN3O2. The van der Waals surface area contributed by atoms with Crippen molar-refractivity contribution in [3.8, 4) is 5.88 Å². The summed E-state index contributed by atoms with van der Waals surface area (Å²) in [7, 11) is 3.54. The Morgan fingerprint density at radius 2 is 2.28 bits per heavy atom. The number of aromatic nitrogens is 2. The van der Waals surface area contributed by atoms with Crippen molar-refractivity contribution < 1.29 is 9.47 Å². The zero-order valence-electron chi connectivity index (χ0n) is 10.7. The molecule has 0 spiro atoms. The predicted molar refractivity (Wildman–Crippen MR) is 73.1 cm³/mol. The molecule has 1 saturated carbocycles. The highest BCUT2D eigenvalue weighted by atomic mass is 79.9. The lowest BCUT2D eigenvalue weighted by molar-refractivity contribution is 0.130. The molecule has 5 nitrogen and oxygen atoms in total. The first-order valence-electron chi connectivity index (χ1n) is 6.06. The molecule has 0 amide bonds. The molecule has 100 valence electrons. The fourth-order valence-corrected chi connectivity index (χ4v) is 1.86. The number of hydrogen-bond acceptors (Lipinski definition) is 5. The van der Waals surface area contributed by atoms with Gasteiger partial charge in [0.25, 0.3) is 0 Å². The van der Waals surface area contributed by atoms with E-state index in [2.05, 4.69) is 25.9 Å². The van der Waals surface area contributed by atoms with E-state index in [1.165, 1.54) is 12.8 Å². The third-order valence-electron chi connectivity index (χ3n) is 2.86. The average Bonchev–Trinajstić information content (AvgIpc) is 3.19. The maximum Gasteiger partial charge on any atom is 0.232 e. The van der Waals surface area contributed by atoms with E-state index >= 15 is 0 Å².